The monoisotopic (exact) mass is 412 g/mol. The molecule has 2 aromatic rings. The van der Waals surface area contributed by atoms with Gasteiger partial charge in [-0.2, -0.15) is 0 Å². The number of nitrogens with one attached hydrogen (secondary N) is 2. The highest BCUT2D eigenvalue weighted by atomic mass is 16.4. The van der Waals surface area contributed by atoms with E-state index < -0.39 is 12.0 Å². The summed E-state index contributed by atoms with van der Waals surface area (Å²) in [7, 11) is 0. The van der Waals surface area contributed by atoms with Crippen molar-refractivity contribution < 1.29 is 14.7 Å². The molecule has 3 N–H and O–H groups in total. The first-order valence-corrected chi connectivity index (χ1v) is 11.3. The number of hydrogen-bond acceptors (Lipinski definition) is 2. The molecule has 0 saturated heterocycles. The molecule has 5 nitrogen and oxygen atoms in total. The molecule has 5 heteroatoms. The quantitative estimate of drug-likeness (QED) is 0.257. The van der Waals surface area contributed by atoms with Crippen LogP contribution in [0.15, 0.2) is 42.6 Å². The number of para-hydroxylation sites is 1. The van der Waals surface area contributed by atoms with E-state index in [0.29, 0.717) is 6.42 Å². The van der Waals surface area contributed by atoms with E-state index in [4.69, 9.17) is 0 Å². The molecule has 0 aliphatic rings. The van der Waals surface area contributed by atoms with E-state index in [1.165, 1.54) is 32.1 Å². The highest BCUT2D eigenvalue weighted by molar-refractivity contribution is 5.86. The predicted molar refractivity (Wildman–Crippen MR) is 123 cm³/mol. The molecule has 1 amide bonds. The van der Waals surface area contributed by atoms with Gasteiger partial charge in [-0.05, 0) is 37.3 Å². The lowest BCUT2D eigenvalue weighted by molar-refractivity contribution is -0.141. The van der Waals surface area contributed by atoms with Crippen LogP contribution in [-0.2, 0) is 16.0 Å². The molecule has 30 heavy (non-hydrogen) atoms. The first-order valence-electron chi connectivity index (χ1n) is 11.3. The van der Waals surface area contributed by atoms with Crippen LogP contribution in [0.4, 0.5) is 0 Å². The van der Waals surface area contributed by atoms with E-state index in [-0.39, 0.29) is 12.3 Å². The van der Waals surface area contributed by atoms with Crippen LogP contribution in [0.3, 0.4) is 0 Å². The number of H-pyrrole nitrogens is 1. The van der Waals surface area contributed by atoms with E-state index in [1.807, 2.05) is 30.5 Å². The maximum absolute atomic E-state index is 12.2. The third-order valence-corrected chi connectivity index (χ3v) is 5.40. The van der Waals surface area contributed by atoms with Crippen molar-refractivity contribution in [3.05, 3.63) is 48.2 Å². The number of carboxylic acids is 1. The lowest BCUT2D eigenvalue weighted by Crippen LogP contribution is -2.42. The first kappa shape index (κ1) is 23.7. The summed E-state index contributed by atoms with van der Waals surface area (Å²) in [5.41, 5.74) is 1.88. The predicted octanol–water partition coefficient (Wildman–Crippen LogP) is 5.76. The number of rotatable bonds is 15. The van der Waals surface area contributed by atoms with E-state index in [0.717, 1.165) is 42.1 Å². The number of benzene rings is 1. The van der Waals surface area contributed by atoms with Crippen molar-refractivity contribution in [2.75, 3.05) is 0 Å². The standard InChI is InChI=1S/C25H36N2O3/c1-2-3-4-5-6-7-8-9-10-11-12-17-24(28)27-23(25(29)30)18-20-19-26-22-16-14-13-15-21(20)22/h5-6,13-16,19,23,26H,2-4,7-12,17-18H2,1H3,(H,27,28)(H,29,30)/b6-5-/t23-/m0/s1. The molecule has 0 unspecified atom stereocenters. The maximum atomic E-state index is 12.2. The van der Waals surface area contributed by atoms with E-state index in [2.05, 4.69) is 29.4 Å². The van der Waals surface area contributed by atoms with Gasteiger partial charge < -0.3 is 15.4 Å². The van der Waals surface area contributed by atoms with Gasteiger partial charge in [0, 0.05) is 29.9 Å². The van der Waals surface area contributed by atoms with Crippen molar-refractivity contribution in [1.29, 1.82) is 0 Å². The molecule has 164 valence electrons. The number of unbranched alkanes of at least 4 members (excludes halogenated alkanes) is 7. The van der Waals surface area contributed by atoms with E-state index in [9.17, 15) is 14.7 Å². The van der Waals surface area contributed by atoms with Gasteiger partial charge in [-0.1, -0.05) is 69.4 Å². The van der Waals surface area contributed by atoms with Crippen LogP contribution in [-0.4, -0.2) is 28.0 Å². The summed E-state index contributed by atoms with van der Waals surface area (Å²) >= 11 is 0. The Morgan fingerprint density at radius 2 is 1.73 bits per heavy atom. The molecule has 0 fully saturated rings. The van der Waals surface area contributed by atoms with Gasteiger partial charge in [-0.15, -0.1) is 0 Å². The maximum Gasteiger partial charge on any atom is 0.326 e. The zero-order valence-corrected chi connectivity index (χ0v) is 18.2. The zero-order valence-electron chi connectivity index (χ0n) is 18.2. The summed E-state index contributed by atoms with van der Waals surface area (Å²) in [5, 5.41) is 13.2. The number of aromatic nitrogens is 1. The number of allylic oxidation sites excluding steroid dienone is 2. The minimum absolute atomic E-state index is 0.180. The number of carbonyl (C=O) groups is 2. The summed E-state index contributed by atoms with van der Waals surface area (Å²) in [6, 6.07) is 6.87. The molecule has 1 heterocycles. The van der Waals surface area contributed by atoms with Crippen molar-refractivity contribution in [3.8, 4) is 0 Å². The number of aromatic amines is 1. The average molecular weight is 413 g/mol. The third kappa shape index (κ3) is 8.44. The zero-order chi connectivity index (χ0) is 21.6. The lowest BCUT2D eigenvalue weighted by atomic mass is 10.0. The Labute approximate surface area is 180 Å². The Hall–Kier alpha value is -2.56. The molecule has 0 aliphatic heterocycles. The number of carbonyl (C=O) groups excluding carboxylic acids is 1. The van der Waals surface area contributed by atoms with Crippen molar-refractivity contribution >= 4 is 22.8 Å². The van der Waals surface area contributed by atoms with Crippen LogP contribution in [0.2, 0.25) is 0 Å². The highest BCUT2D eigenvalue weighted by Crippen LogP contribution is 2.19. The number of fused-ring (bicyclic) bond motifs is 1. The SMILES string of the molecule is CCCC/C=C\CCCCCCCC(=O)N[C@@H](Cc1c[nH]c2ccccc12)C(=O)O. The van der Waals surface area contributed by atoms with Gasteiger partial charge in [0.05, 0.1) is 0 Å². The van der Waals surface area contributed by atoms with Crippen LogP contribution < -0.4 is 5.32 Å². The molecule has 0 radical (unpaired) electrons. The van der Waals surface area contributed by atoms with E-state index >= 15 is 0 Å². The fourth-order valence-electron chi connectivity index (χ4n) is 3.62. The molecule has 0 bridgehead atoms. The van der Waals surface area contributed by atoms with Crippen LogP contribution in [0.1, 0.15) is 76.7 Å². The van der Waals surface area contributed by atoms with Crippen molar-refractivity contribution in [2.24, 2.45) is 0 Å². The first-order chi connectivity index (χ1) is 14.6. The van der Waals surface area contributed by atoms with Crippen LogP contribution in [0.25, 0.3) is 10.9 Å². The molecule has 0 aliphatic carbocycles. The Bertz CT molecular complexity index is 810. The number of amides is 1. The lowest BCUT2D eigenvalue weighted by Gasteiger charge is -2.14. The van der Waals surface area contributed by atoms with Gasteiger partial charge in [0.2, 0.25) is 5.91 Å². The summed E-state index contributed by atoms with van der Waals surface area (Å²) in [4.78, 5) is 27.0. The van der Waals surface area contributed by atoms with Crippen molar-refractivity contribution in [2.45, 2.75) is 83.6 Å². The third-order valence-electron chi connectivity index (χ3n) is 5.40. The number of carboxylic acid groups (broad SMARTS) is 1. The van der Waals surface area contributed by atoms with Gasteiger partial charge in [-0.25, -0.2) is 4.79 Å². The molecule has 0 saturated carbocycles. The van der Waals surface area contributed by atoms with Gasteiger partial charge in [0.15, 0.2) is 0 Å². The fraction of sp³-hybridized carbons (Fsp3) is 0.520. The molecular weight excluding hydrogens is 376 g/mol. The van der Waals surface area contributed by atoms with Gasteiger partial charge in [0.1, 0.15) is 6.04 Å². The smallest absolute Gasteiger partial charge is 0.326 e. The van der Waals surface area contributed by atoms with Crippen LogP contribution in [0.5, 0.6) is 0 Å². The fourth-order valence-corrected chi connectivity index (χ4v) is 3.62. The molecule has 1 aromatic carbocycles. The van der Waals surface area contributed by atoms with Crippen molar-refractivity contribution in [1.82, 2.24) is 10.3 Å². The molecule has 0 spiro atoms. The van der Waals surface area contributed by atoms with Gasteiger partial charge >= 0.3 is 5.97 Å². The van der Waals surface area contributed by atoms with Crippen LogP contribution >= 0.6 is 0 Å². The minimum atomic E-state index is -0.999. The summed E-state index contributed by atoms with van der Waals surface area (Å²) in [6.07, 6.45) is 17.2. The van der Waals surface area contributed by atoms with Gasteiger partial charge in [-0.3, -0.25) is 4.79 Å². The molecular formula is C25H36N2O3. The molecule has 2 rings (SSSR count). The molecule has 1 aromatic heterocycles. The second-order valence-corrected chi connectivity index (χ2v) is 7.94. The number of aliphatic carboxylic acids is 1. The Balaban J connectivity index is 1.63. The Kier molecular flexibility index (Phi) is 10.8. The summed E-state index contributed by atoms with van der Waals surface area (Å²) in [6.45, 7) is 2.21. The van der Waals surface area contributed by atoms with E-state index in [1.54, 1.807) is 0 Å². The topological polar surface area (TPSA) is 82.2 Å². The van der Waals surface area contributed by atoms with Crippen molar-refractivity contribution in [3.63, 3.8) is 0 Å². The Morgan fingerprint density at radius 3 is 2.50 bits per heavy atom. The normalized spacial score (nSPS) is 12.4. The minimum Gasteiger partial charge on any atom is -0.480 e. The van der Waals surface area contributed by atoms with Crippen LogP contribution in [0, 0.1) is 0 Å². The van der Waals surface area contributed by atoms with Gasteiger partial charge in [0.25, 0.3) is 0 Å². The largest absolute Gasteiger partial charge is 0.480 e. The molecule has 1 atom stereocenters. The summed E-state index contributed by atoms with van der Waals surface area (Å²) < 4.78 is 0. The summed E-state index contributed by atoms with van der Waals surface area (Å²) in [5.74, 6) is -1.18. The second kappa shape index (κ2) is 13.6. The Morgan fingerprint density at radius 1 is 1.03 bits per heavy atom. The second-order valence-electron chi connectivity index (χ2n) is 7.94. The number of hydrogen-bond donors (Lipinski definition) is 3. The highest BCUT2D eigenvalue weighted by Gasteiger charge is 2.21. The average Bonchev–Trinajstić information content (AvgIpc) is 3.14.